The van der Waals surface area contributed by atoms with Crippen molar-refractivity contribution in [2.75, 3.05) is 26.3 Å². The van der Waals surface area contributed by atoms with E-state index in [1.807, 2.05) is 18.2 Å². The van der Waals surface area contributed by atoms with E-state index in [0.29, 0.717) is 23.2 Å². The summed E-state index contributed by atoms with van der Waals surface area (Å²) in [5.41, 5.74) is 0.328. The van der Waals surface area contributed by atoms with Crippen molar-refractivity contribution in [1.82, 2.24) is 9.97 Å². The molecule has 1 saturated carbocycles. The second-order valence-corrected chi connectivity index (χ2v) is 5.89. The number of aromatic nitrogens is 2. The van der Waals surface area contributed by atoms with E-state index in [2.05, 4.69) is 15.3 Å². The molecule has 4 rings (SSSR count). The van der Waals surface area contributed by atoms with Gasteiger partial charge in [0.2, 0.25) is 18.6 Å². The van der Waals surface area contributed by atoms with Gasteiger partial charge in [-0.1, -0.05) is 6.07 Å². The van der Waals surface area contributed by atoms with E-state index in [4.69, 9.17) is 18.9 Å². The van der Waals surface area contributed by atoms with Crippen LogP contribution in [0.25, 0.3) is 0 Å². The van der Waals surface area contributed by atoms with Gasteiger partial charge in [-0.25, -0.2) is 0 Å². The molecule has 1 aliphatic carbocycles. The monoisotopic (exact) mass is 343 g/mol. The third-order valence-corrected chi connectivity index (χ3v) is 4.43. The van der Waals surface area contributed by atoms with E-state index in [1.165, 1.54) is 14.2 Å². The van der Waals surface area contributed by atoms with Crippen LogP contribution >= 0.6 is 0 Å². The minimum atomic E-state index is -0.577. The number of rotatable bonds is 5. The summed E-state index contributed by atoms with van der Waals surface area (Å²) in [5, 5.41) is 2.84. The Bertz CT molecular complexity index is 813. The Morgan fingerprint density at radius 3 is 2.64 bits per heavy atom. The van der Waals surface area contributed by atoms with E-state index in [-0.39, 0.29) is 18.7 Å². The average Bonchev–Trinajstić information content (AvgIpc) is 3.32. The molecule has 2 aromatic rings. The number of benzene rings is 1. The number of hydrogen-bond acceptors (Lipinski definition) is 7. The SMILES string of the molecule is COc1cc(NC(=O)C2(c3ccc4c(c3)OCO4)CC2)nc(OC)n1. The van der Waals surface area contributed by atoms with Crippen molar-refractivity contribution in [1.29, 1.82) is 0 Å². The van der Waals surface area contributed by atoms with Gasteiger partial charge in [0, 0.05) is 6.07 Å². The third-order valence-electron chi connectivity index (χ3n) is 4.43. The van der Waals surface area contributed by atoms with Crippen LogP contribution in [-0.2, 0) is 10.2 Å². The van der Waals surface area contributed by atoms with Gasteiger partial charge in [-0.3, -0.25) is 4.79 Å². The lowest BCUT2D eigenvalue weighted by molar-refractivity contribution is -0.118. The molecule has 0 radical (unpaired) electrons. The lowest BCUT2D eigenvalue weighted by Gasteiger charge is -2.16. The molecule has 1 amide bonds. The number of amides is 1. The fourth-order valence-corrected chi connectivity index (χ4v) is 2.87. The number of ether oxygens (including phenoxy) is 4. The fourth-order valence-electron chi connectivity index (χ4n) is 2.87. The predicted molar refractivity (Wildman–Crippen MR) is 87.2 cm³/mol. The molecular weight excluding hydrogens is 326 g/mol. The largest absolute Gasteiger partial charge is 0.481 e. The molecule has 0 bridgehead atoms. The van der Waals surface area contributed by atoms with Crippen LogP contribution in [0.4, 0.5) is 5.82 Å². The van der Waals surface area contributed by atoms with Crippen LogP contribution in [0.1, 0.15) is 18.4 Å². The van der Waals surface area contributed by atoms with Gasteiger partial charge in [-0.15, -0.1) is 0 Å². The van der Waals surface area contributed by atoms with Crippen molar-refractivity contribution in [3.05, 3.63) is 29.8 Å². The van der Waals surface area contributed by atoms with Crippen LogP contribution in [0.2, 0.25) is 0 Å². The van der Waals surface area contributed by atoms with Crippen LogP contribution in [-0.4, -0.2) is 36.9 Å². The molecule has 1 fully saturated rings. The van der Waals surface area contributed by atoms with Crippen LogP contribution in [0.3, 0.4) is 0 Å². The molecule has 130 valence electrons. The second kappa shape index (κ2) is 5.80. The first-order chi connectivity index (χ1) is 12.1. The van der Waals surface area contributed by atoms with Crippen molar-refractivity contribution in [3.8, 4) is 23.4 Å². The standard InChI is InChI=1S/C17H17N3O5/c1-22-14-8-13(19-16(20-14)23-2)18-15(21)17(5-6-17)10-3-4-11-12(7-10)25-9-24-11/h3-4,7-8H,5-6,9H2,1-2H3,(H,18,19,20,21). The maximum absolute atomic E-state index is 12.9. The Hall–Kier alpha value is -3.03. The highest BCUT2D eigenvalue weighted by Crippen LogP contribution is 2.51. The first kappa shape index (κ1) is 15.5. The number of hydrogen-bond donors (Lipinski definition) is 1. The van der Waals surface area contributed by atoms with Gasteiger partial charge in [0.25, 0.3) is 0 Å². The van der Waals surface area contributed by atoms with E-state index >= 15 is 0 Å². The topological polar surface area (TPSA) is 91.8 Å². The first-order valence-corrected chi connectivity index (χ1v) is 7.83. The zero-order valence-electron chi connectivity index (χ0n) is 13.9. The Labute approximate surface area is 144 Å². The second-order valence-electron chi connectivity index (χ2n) is 5.89. The Morgan fingerprint density at radius 1 is 1.12 bits per heavy atom. The molecule has 2 heterocycles. The summed E-state index contributed by atoms with van der Waals surface area (Å²) in [7, 11) is 2.94. The number of nitrogens with one attached hydrogen (secondary N) is 1. The number of fused-ring (bicyclic) bond motifs is 1. The van der Waals surface area contributed by atoms with Crippen molar-refractivity contribution in [2.45, 2.75) is 18.3 Å². The molecule has 2 aliphatic rings. The zero-order chi connectivity index (χ0) is 17.4. The van der Waals surface area contributed by atoms with Crippen LogP contribution in [0.15, 0.2) is 24.3 Å². The molecular formula is C17H17N3O5. The highest BCUT2D eigenvalue weighted by Gasteiger charge is 2.51. The summed E-state index contributed by atoms with van der Waals surface area (Å²) in [4.78, 5) is 21.0. The molecule has 0 atom stereocenters. The third kappa shape index (κ3) is 2.69. The molecule has 0 unspecified atom stereocenters. The van der Waals surface area contributed by atoms with Gasteiger partial charge in [0.05, 0.1) is 19.6 Å². The quantitative estimate of drug-likeness (QED) is 0.886. The summed E-state index contributed by atoms with van der Waals surface area (Å²) >= 11 is 0. The van der Waals surface area contributed by atoms with Crippen molar-refractivity contribution < 1.29 is 23.7 Å². The molecule has 0 saturated heterocycles. The number of nitrogens with zero attached hydrogens (tertiary/aromatic N) is 2. The Balaban J connectivity index is 1.59. The lowest BCUT2D eigenvalue weighted by Crippen LogP contribution is -2.28. The van der Waals surface area contributed by atoms with Gasteiger partial charge < -0.3 is 24.3 Å². The average molecular weight is 343 g/mol. The van der Waals surface area contributed by atoms with Gasteiger partial charge in [-0.05, 0) is 30.5 Å². The highest BCUT2D eigenvalue weighted by atomic mass is 16.7. The lowest BCUT2D eigenvalue weighted by atomic mass is 9.94. The van der Waals surface area contributed by atoms with Crippen LogP contribution in [0, 0.1) is 0 Å². The normalized spacial score (nSPS) is 16.2. The summed E-state index contributed by atoms with van der Waals surface area (Å²) in [6.07, 6.45) is 1.52. The zero-order valence-corrected chi connectivity index (χ0v) is 13.9. The molecule has 1 aromatic carbocycles. The van der Waals surface area contributed by atoms with Crippen LogP contribution < -0.4 is 24.3 Å². The summed E-state index contributed by atoms with van der Waals surface area (Å²) in [6.45, 7) is 0.207. The molecule has 25 heavy (non-hydrogen) atoms. The van der Waals surface area contributed by atoms with E-state index in [0.717, 1.165) is 18.4 Å². The summed E-state index contributed by atoms with van der Waals surface area (Å²) < 4.78 is 20.9. The predicted octanol–water partition coefficient (Wildman–Crippen LogP) is 1.89. The molecule has 8 heteroatoms. The number of carbonyl (C=O) groups is 1. The van der Waals surface area contributed by atoms with Gasteiger partial charge in [-0.2, -0.15) is 9.97 Å². The van der Waals surface area contributed by atoms with Crippen LogP contribution in [0.5, 0.6) is 23.4 Å². The molecule has 0 spiro atoms. The van der Waals surface area contributed by atoms with E-state index in [9.17, 15) is 4.79 Å². The van der Waals surface area contributed by atoms with Crippen molar-refractivity contribution in [3.63, 3.8) is 0 Å². The molecule has 1 aliphatic heterocycles. The van der Waals surface area contributed by atoms with E-state index in [1.54, 1.807) is 6.07 Å². The number of methoxy groups -OCH3 is 2. The molecule has 1 N–H and O–H groups in total. The minimum Gasteiger partial charge on any atom is -0.481 e. The summed E-state index contributed by atoms with van der Waals surface area (Å²) in [6, 6.07) is 7.29. The first-order valence-electron chi connectivity index (χ1n) is 7.83. The van der Waals surface area contributed by atoms with Gasteiger partial charge in [0.15, 0.2) is 11.5 Å². The Kier molecular flexibility index (Phi) is 3.60. The summed E-state index contributed by atoms with van der Waals surface area (Å²) in [5.74, 6) is 1.89. The van der Waals surface area contributed by atoms with Gasteiger partial charge >= 0.3 is 6.01 Å². The number of carbonyl (C=O) groups excluding carboxylic acids is 1. The minimum absolute atomic E-state index is 0.127. The van der Waals surface area contributed by atoms with Crippen molar-refractivity contribution in [2.24, 2.45) is 0 Å². The Morgan fingerprint density at radius 2 is 1.92 bits per heavy atom. The fraction of sp³-hybridized carbons (Fsp3) is 0.353. The maximum atomic E-state index is 12.9. The molecule has 8 nitrogen and oxygen atoms in total. The van der Waals surface area contributed by atoms with E-state index < -0.39 is 5.41 Å². The maximum Gasteiger partial charge on any atom is 0.321 e. The number of anilines is 1. The highest BCUT2D eigenvalue weighted by molar-refractivity contribution is 6.01. The van der Waals surface area contributed by atoms with Crippen molar-refractivity contribution >= 4 is 11.7 Å². The van der Waals surface area contributed by atoms with Gasteiger partial charge in [0.1, 0.15) is 5.82 Å². The smallest absolute Gasteiger partial charge is 0.321 e. The molecule has 1 aromatic heterocycles.